The van der Waals surface area contributed by atoms with Crippen molar-refractivity contribution in [3.8, 4) is 11.8 Å². The number of aromatic amines is 2. The summed E-state index contributed by atoms with van der Waals surface area (Å²) in [6, 6.07) is 3.56. The molecule has 320 valence electrons. The molecule has 18 nitrogen and oxygen atoms in total. The highest BCUT2D eigenvalue weighted by molar-refractivity contribution is 6.32. The van der Waals surface area contributed by atoms with Crippen molar-refractivity contribution < 1.29 is 27.7 Å². The SMILES string of the molecule is CCOc1nc(Nc2cnn(C3CCN(C4COC4)CC3F)c2Cl)nc2[nH]ccc12.CCOc1nc(Nc2cnn(C3CCN(C4COC4)CC3F)c2Cl)nc2[nH]ccc12. The first-order valence-corrected chi connectivity index (χ1v) is 20.9. The summed E-state index contributed by atoms with van der Waals surface area (Å²) in [5.74, 6) is 1.61. The van der Waals surface area contributed by atoms with Gasteiger partial charge in [-0.15, -0.1) is 0 Å². The summed E-state index contributed by atoms with van der Waals surface area (Å²) in [6.07, 6.45) is 5.87. The predicted molar refractivity (Wildman–Crippen MR) is 221 cm³/mol. The van der Waals surface area contributed by atoms with E-state index in [1.807, 2.05) is 26.0 Å². The van der Waals surface area contributed by atoms with Crippen LogP contribution in [-0.2, 0) is 9.47 Å². The second-order valence-electron chi connectivity index (χ2n) is 15.0. The first-order chi connectivity index (χ1) is 29.3. The van der Waals surface area contributed by atoms with E-state index in [2.05, 4.69) is 60.5 Å². The van der Waals surface area contributed by atoms with E-state index in [1.165, 1.54) is 0 Å². The van der Waals surface area contributed by atoms with Crippen LogP contribution < -0.4 is 20.1 Å². The Labute approximate surface area is 353 Å². The number of aromatic nitrogens is 10. The van der Waals surface area contributed by atoms with Crippen LogP contribution in [0, 0.1) is 0 Å². The molecule has 0 aromatic carbocycles. The third-order valence-electron chi connectivity index (χ3n) is 11.3. The summed E-state index contributed by atoms with van der Waals surface area (Å²) >= 11 is 13.1. The van der Waals surface area contributed by atoms with Gasteiger partial charge < -0.3 is 39.5 Å². The lowest BCUT2D eigenvalue weighted by Crippen LogP contribution is -2.55. The second kappa shape index (κ2) is 17.6. The number of hydrogen-bond donors (Lipinski definition) is 4. The minimum atomic E-state index is -1.05. The number of nitrogens with one attached hydrogen (secondary N) is 4. The molecule has 4 atom stereocenters. The van der Waals surface area contributed by atoms with Gasteiger partial charge in [-0.1, -0.05) is 23.2 Å². The van der Waals surface area contributed by atoms with Crippen LogP contribution in [0.4, 0.5) is 32.1 Å². The number of hydrogen-bond acceptors (Lipinski definition) is 14. The van der Waals surface area contributed by atoms with Crippen molar-refractivity contribution in [3.05, 3.63) is 47.2 Å². The minimum Gasteiger partial charge on any atom is -0.477 e. The number of halogens is 4. The average molecular weight is 872 g/mol. The summed E-state index contributed by atoms with van der Waals surface area (Å²) < 4.78 is 54.7. The zero-order chi connectivity index (χ0) is 41.3. The highest BCUT2D eigenvalue weighted by Gasteiger charge is 2.39. The molecule has 4 fully saturated rings. The van der Waals surface area contributed by atoms with Crippen LogP contribution >= 0.6 is 23.2 Å². The molecule has 0 spiro atoms. The number of rotatable bonds is 12. The van der Waals surface area contributed by atoms with Crippen molar-refractivity contribution in [2.45, 2.75) is 63.2 Å². The standard InChI is InChI=1S/2C19H23ClFN7O2/c2*1-2-30-18-12-3-5-22-17(12)25-19(26-18)24-14-7-23-28(16(14)20)15-4-6-27(8-13(15)21)11-9-29-10-11/h2*3,5,7,11,13,15H,2,4,6,8-10H2,1H3,(H2,22,24,25,26). The quantitative estimate of drug-likeness (QED) is 0.114. The van der Waals surface area contributed by atoms with Gasteiger partial charge in [-0.2, -0.15) is 30.1 Å². The highest BCUT2D eigenvalue weighted by atomic mass is 35.5. The van der Waals surface area contributed by atoms with Crippen molar-refractivity contribution >= 4 is 68.5 Å². The van der Waals surface area contributed by atoms with E-state index in [1.54, 1.807) is 34.2 Å². The van der Waals surface area contributed by atoms with Crippen LogP contribution in [0.1, 0.15) is 38.8 Å². The number of fused-ring (bicyclic) bond motifs is 2. The Morgan fingerprint density at radius 2 is 1.13 bits per heavy atom. The molecule has 4 aliphatic rings. The minimum absolute atomic E-state index is 0.325. The molecule has 6 aromatic heterocycles. The zero-order valence-corrected chi connectivity index (χ0v) is 34.5. The van der Waals surface area contributed by atoms with Crippen LogP contribution in [0.3, 0.4) is 0 Å². The fraction of sp³-hybridized carbons (Fsp3) is 0.526. The smallest absolute Gasteiger partial charge is 0.232 e. The fourth-order valence-corrected chi connectivity index (χ4v) is 8.44. The van der Waals surface area contributed by atoms with Gasteiger partial charge in [-0.05, 0) is 38.8 Å². The van der Waals surface area contributed by atoms with E-state index < -0.39 is 24.4 Å². The van der Waals surface area contributed by atoms with E-state index in [9.17, 15) is 8.78 Å². The van der Waals surface area contributed by atoms with Gasteiger partial charge in [0.2, 0.25) is 23.7 Å². The normalized spacial score (nSPS) is 22.9. The molecule has 4 N–H and O–H groups in total. The predicted octanol–water partition coefficient (Wildman–Crippen LogP) is 5.87. The summed E-state index contributed by atoms with van der Waals surface area (Å²) in [6.45, 7) is 9.81. The second-order valence-corrected chi connectivity index (χ2v) is 15.7. The van der Waals surface area contributed by atoms with Crippen molar-refractivity contribution in [1.29, 1.82) is 0 Å². The Kier molecular flexibility index (Phi) is 11.9. The van der Waals surface area contributed by atoms with Crippen LogP contribution in [0.5, 0.6) is 11.8 Å². The molecule has 22 heteroatoms. The molecule has 4 unspecified atom stereocenters. The van der Waals surface area contributed by atoms with E-state index in [0.717, 1.165) is 23.9 Å². The van der Waals surface area contributed by atoms with E-state index >= 15 is 0 Å². The molecule has 60 heavy (non-hydrogen) atoms. The maximum Gasteiger partial charge on any atom is 0.232 e. The van der Waals surface area contributed by atoms with Gasteiger partial charge in [0, 0.05) is 38.6 Å². The molecule has 10 rings (SSSR count). The van der Waals surface area contributed by atoms with Gasteiger partial charge in [0.15, 0.2) is 10.3 Å². The zero-order valence-electron chi connectivity index (χ0n) is 33.0. The summed E-state index contributed by atoms with van der Waals surface area (Å²) in [7, 11) is 0. The third kappa shape index (κ3) is 8.15. The van der Waals surface area contributed by atoms with Crippen molar-refractivity contribution in [3.63, 3.8) is 0 Å². The van der Waals surface area contributed by atoms with Gasteiger partial charge in [0.25, 0.3) is 0 Å². The average Bonchev–Trinajstić information content (AvgIpc) is 4.00. The van der Waals surface area contributed by atoms with E-state index in [4.69, 9.17) is 42.1 Å². The Morgan fingerprint density at radius 1 is 0.700 bits per heavy atom. The number of ether oxygens (including phenoxy) is 4. The molecule has 10 heterocycles. The Hall–Kier alpha value is -4.86. The Morgan fingerprint density at radius 3 is 1.50 bits per heavy atom. The molecule has 0 bridgehead atoms. The molecule has 0 radical (unpaired) electrons. The lowest BCUT2D eigenvalue weighted by atomic mass is 10.0. The van der Waals surface area contributed by atoms with Crippen LogP contribution in [0.2, 0.25) is 10.3 Å². The summed E-state index contributed by atoms with van der Waals surface area (Å²) in [5.41, 5.74) is 2.34. The molecule has 0 amide bonds. The van der Waals surface area contributed by atoms with Crippen molar-refractivity contribution in [1.82, 2.24) is 59.3 Å². The van der Waals surface area contributed by atoms with Gasteiger partial charge in [0.05, 0.1) is 98.3 Å². The lowest BCUT2D eigenvalue weighted by Gasteiger charge is -2.42. The largest absolute Gasteiger partial charge is 0.477 e. The number of likely N-dealkylation sites (tertiary alicyclic amines) is 2. The lowest BCUT2D eigenvalue weighted by molar-refractivity contribution is -0.0847. The maximum atomic E-state index is 14.9. The Balaban J connectivity index is 0.000000154. The van der Waals surface area contributed by atoms with Crippen molar-refractivity contribution in [2.75, 3.05) is 76.5 Å². The summed E-state index contributed by atoms with van der Waals surface area (Å²) in [5, 5.41) is 17.1. The van der Waals surface area contributed by atoms with Gasteiger partial charge >= 0.3 is 0 Å². The first kappa shape index (κ1) is 40.5. The number of nitrogens with zero attached hydrogens (tertiary/aromatic N) is 10. The molecule has 4 aliphatic heterocycles. The third-order valence-corrected chi connectivity index (χ3v) is 12.0. The van der Waals surface area contributed by atoms with Gasteiger partial charge in [-0.3, -0.25) is 9.80 Å². The summed E-state index contributed by atoms with van der Waals surface area (Å²) in [4.78, 5) is 28.2. The van der Waals surface area contributed by atoms with Crippen molar-refractivity contribution in [2.24, 2.45) is 0 Å². The van der Waals surface area contributed by atoms with E-state index in [0.29, 0.717) is 134 Å². The highest BCUT2D eigenvalue weighted by Crippen LogP contribution is 2.36. The van der Waals surface area contributed by atoms with Crippen LogP contribution in [0.15, 0.2) is 36.9 Å². The Bertz CT molecular complexity index is 2240. The number of piperidine rings is 2. The van der Waals surface area contributed by atoms with Crippen LogP contribution in [-0.4, -0.2) is 150 Å². The molecular weight excluding hydrogens is 825 g/mol. The molecular formula is C38H46Cl2F2N14O4. The topological polar surface area (TPSA) is 186 Å². The number of alkyl halides is 2. The molecule has 6 aromatic rings. The monoisotopic (exact) mass is 870 g/mol. The van der Waals surface area contributed by atoms with Crippen LogP contribution in [0.25, 0.3) is 22.1 Å². The molecule has 0 aliphatic carbocycles. The fourth-order valence-electron chi connectivity index (χ4n) is 7.91. The number of H-pyrrole nitrogens is 2. The van der Waals surface area contributed by atoms with Gasteiger partial charge in [0.1, 0.15) is 23.6 Å². The first-order valence-electron chi connectivity index (χ1n) is 20.2. The number of anilines is 4. The maximum absolute atomic E-state index is 14.9. The molecule has 0 saturated carbocycles. The molecule has 4 saturated heterocycles. The van der Waals surface area contributed by atoms with Gasteiger partial charge in [-0.25, -0.2) is 18.1 Å². The van der Waals surface area contributed by atoms with E-state index in [-0.39, 0.29) is 0 Å².